The average molecular weight is 406 g/mol. The van der Waals surface area contributed by atoms with Crippen LogP contribution < -0.4 is 10.1 Å². The Morgan fingerprint density at radius 1 is 1.07 bits per heavy atom. The molecule has 2 aromatic rings. The molecule has 5 nitrogen and oxygen atoms in total. The summed E-state index contributed by atoms with van der Waals surface area (Å²) < 4.78 is 43.1. The lowest BCUT2D eigenvalue weighted by molar-refractivity contribution is -0.137. The fraction of sp³-hybridized carbons (Fsp3) is 0.333. The van der Waals surface area contributed by atoms with Crippen molar-refractivity contribution in [1.82, 2.24) is 4.90 Å². The third-order valence-corrected chi connectivity index (χ3v) is 4.95. The summed E-state index contributed by atoms with van der Waals surface area (Å²) in [7, 11) is 1.55. The van der Waals surface area contributed by atoms with Crippen molar-refractivity contribution in [2.45, 2.75) is 19.0 Å². The van der Waals surface area contributed by atoms with Crippen molar-refractivity contribution in [3.05, 3.63) is 59.7 Å². The van der Waals surface area contributed by atoms with E-state index in [0.717, 1.165) is 12.1 Å². The zero-order valence-corrected chi connectivity index (χ0v) is 15.8. The number of alkyl halides is 3. The number of halogens is 3. The number of carbonyl (C=O) groups excluding carboxylic acids is 2. The standard InChI is InChI=1S/C21H21F3N2O3/c1-29-18-4-2-3-17(13-18)25-19(27)14-9-11-26(12-10-14)20(28)15-5-7-16(8-6-15)21(22,23)24/h2-8,13-14H,9-12H2,1H3,(H,25,27). The minimum atomic E-state index is -4.43. The normalized spacial score (nSPS) is 15.1. The van der Waals surface area contributed by atoms with Crippen LogP contribution in [-0.2, 0) is 11.0 Å². The van der Waals surface area contributed by atoms with Crippen molar-refractivity contribution >= 4 is 17.5 Å². The Hall–Kier alpha value is -3.03. The second-order valence-corrected chi connectivity index (χ2v) is 6.86. The maximum atomic E-state index is 12.7. The first-order chi connectivity index (χ1) is 13.8. The Morgan fingerprint density at radius 2 is 1.72 bits per heavy atom. The summed E-state index contributed by atoms with van der Waals surface area (Å²) in [6.07, 6.45) is -3.46. The molecule has 1 N–H and O–H groups in total. The molecule has 0 bridgehead atoms. The van der Waals surface area contributed by atoms with Gasteiger partial charge >= 0.3 is 6.18 Å². The highest BCUT2D eigenvalue weighted by molar-refractivity contribution is 5.95. The topological polar surface area (TPSA) is 58.6 Å². The minimum Gasteiger partial charge on any atom is -0.497 e. The second kappa shape index (κ2) is 8.55. The van der Waals surface area contributed by atoms with Gasteiger partial charge in [-0.3, -0.25) is 9.59 Å². The molecule has 0 saturated carbocycles. The number of piperidine rings is 1. The van der Waals surface area contributed by atoms with Gasteiger partial charge in [-0.15, -0.1) is 0 Å². The first-order valence-electron chi connectivity index (χ1n) is 9.19. The monoisotopic (exact) mass is 406 g/mol. The molecule has 0 aliphatic carbocycles. The van der Waals surface area contributed by atoms with Crippen LogP contribution in [-0.4, -0.2) is 36.9 Å². The molecular formula is C21H21F3N2O3. The number of ether oxygens (including phenoxy) is 1. The lowest BCUT2D eigenvalue weighted by Gasteiger charge is -2.31. The fourth-order valence-electron chi connectivity index (χ4n) is 3.27. The first kappa shape index (κ1) is 20.7. The molecule has 1 aliphatic rings. The molecule has 8 heteroatoms. The first-order valence-corrected chi connectivity index (χ1v) is 9.19. The van der Waals surface area contributed by atoms with Crippen LogP contribution in [0.25, 0.3) is 0 Å². The predicted molar refractivity (Wildman–Crippen MR) is 102 cm³/mol. The van der Waals surface area contributed by atoms with Crippen LogP contribution in [0.4, 0.5) is 18.9 Å². The predicted octanol–water partition coefficient (Wildman–Crippen LogP) is 4.20. The maximum absolute atomic E-state index is 12.7. The van der Waals surface area contributed by atoms with Gasteiger partial charge in [0.25, 0.3) is 5.91 Å². The van der Waals surface area contributed by atoms with E-state index in [2.05, 4.69) is 5.32 Å². The highest BCUT2D eigenvalue weighted by Gasteiger charge is 2.31. The smallest absolute Gasteiger partial charge is 0.416 e. The average Bonchev–Trinajstić information content (AvgIpc) is 2.73. The van der Waals surface area contributed by atoms with Crippen molar-refractivity contribution in [2.75, 3.05) is 25.5 Å². The number of benzene rings is 2. The Balaban J connectivity index is 1.55. The van der Waals surface area contributed by atoms with E-state index in [1.165, 1.54) is 12.1 Å². The van der Waals surface area contributed by atoms with Crippen LogP contribution in [0.2, 0.25) is 0 Å². The van der Waals surface area contributed by atoms with E-state index < -0.39 is 11.7 Å². The molecule has 1 fully saturated rings. The zero-order chi connectivity index (χ0) is 21.0. The molecule has 0 radical (unpaired) electrons. The molecule has 1 saturated heterocycles. The lowest BCUT2D eigenvalue weighted by Crippen LogP contribution is -2.41. The van der Waals surface area contributed by atoms with Gasteiger partial charge in [-0.1, -0.05) is 6.07 Å². The number of hydrogen-bond donors (Lipinski definition) is 1. The van der Waals surface area contributed by atoms with E-state index in [4.69, 9.17) is 4.74 Å². The zero-order valence-electron chi connectivity index (χ0n) is 15.8. The van der Waals surface area contributed by atoms with Crippen molar-refractivity contribution in [3.8, 4) is 5.75 Å². The van der Waals surface area contributed by atoms with E-state index in [-0.39, 0.29) is 23.3 Å². The van der Waals surface area contributed by atoms with Gasteiger partial charge in [0.15, 0.2) is 0 Å². The number of methoxy groups -OCH3 is 1. The molecule has 3 rings (SSSR count). The number of likely N-dealkylation sites (tertiary alicyclic amines) is 1. The summed E-state index contributed by atoms with van der Waals surface area (Å²) in [6.45, 7) is 0.742. The van der Waals surface area contributed by atoms with E-state index in [1.54, 1.807) is 36.3 Å². The van der Waals surface area contributed by atoms with Gasteiger partial charge in [0.05, 0.1) is 12.7 Å². The number of hydrogen-bond acceptors (Lipinski definition) is 3. The summed E-state index contributed by atoms with van der Waals surface area (Å²) in [5.41, 5.74) is 0.0527. The molecule has 0 aromatic heterocycles. The number of nitrogens with zero attached hydrogens (tertiary/aromatic N) is 1. The Labute approximate surface area is 166 Å². The van der Waals surface area contributed by atoms with Crippen LogP contribution in [0.3, 0.4) is 0 Å². The molecule has 2 amide bonds. The van der Waals surface area contributed by atoms with E-state index >= 15 is 0 Å². The molecule has 0 unspecified atom stereocenters. The molecule has 154 valence electrons. The molecule has 1 aliphatic heterocycles. The van der Waals surface area contributed by atoms with Crippen LogP contribution in [0.15, 0.2) is 48.5 Å². The number of amides is 2. The van der Waals surface area contributed by atoms with Gasteiger partial charge in [-0.05, 0) is 49.2 Å². The summed E-state index contributed by atoms with van der Waals surface area (Å²) in [5, 5.41) is 2.85. The van der Waals surface area contributed by atoms with Crippen LogP contribution in [0, 0.1) is 5.92 Å². The largest absolute Gasteiger partial charge is 0.497 e. The van der Waals surface area contributed by atoms with E-state index in [9.17, 15) is 22.8 Å². The van der Waals surface area contributed by atoms with Crippen LogP contribution in [0.5, 0.6) is 5.75 Å². The third-order valence-electron chi connectivity index (χ3n) is 4.95. The number of anilines is 1. The highest BCUT2D eigenvalue weighted by atomic mass is 19.4. The second-order valence-electron chi connectivity index (χ2n) is 6.86. The van der Waals surface area contributed by atoms with Crippen molar-refractivity contribution in [1.29, 1.82) is 0 Å². The third kappa shape index (κ3) is 5.07. The van der Waals surface area contributed by atoms with Crippen molar-refractivity contribution in [3.63, 3.8) is 0 Å². The summed E-state index contributed by atoms with van der Waals surface area (Å²) in [5.74, 6) is -0.0529. The Morgan fingerprint density at radius 3 is 2.31 bits per heavy atom. The molecule has 0 spiro atoms. The number of carbonyl (C=O) groups is 2. The van der Waals surface area contributed by atoms with Gasteiger partial charge in [0.1, 0.15) is 5.75 Å². The van der Waals surface area contributed by atoms with E-state index in [0.29, 0.717) is 37.4 Å². The van der Waals surface area contributed by atoms with Gasteiger partial charge < -0.3 is 15.0 Å². The van der Waals surface area contributed by atoms with Crippen molar-refractivity contribution in [2.24, 2.45) is 5.92 Å². The van der Waals surface area contributed by atoms with Gasteiger partial charge in [-0.2, -0.15) is 13.2 Å². The van der Waals surface area contributed by atoms with Gasteiger partial charge in [-0.25, -0.2) is 0 Å². The quantitative estimate of drug-likeness (QED) is 0.828. The summed E-state index contributed by atoms with van der Waals surface area (Å²) >= 11 is 0. The number of nitrogens with one attached hydrogen (secondary N) is 1. The molecule has 2 aromatic carbocycles. The van der Waals surface area contributed by atoms with Crippen LogP contribution in [0.1, 0.15) is 28.8 Å². The lowest BCUT2D eigenvalue weighted by atomic mass is 9.95. The Bertz CT molecular complexity index is 873. The molecule has 29 heavy (non-hydrogen) atoms. The maximum Gasteiger partial charge on any atom is 0.416 e. The van der Waals surface area contributed by atoms with E-state index in [1.807, 2.05) is 0 Å². The SMILES string of the molecule is COc1cccc(NC(=O)C2CCN(C(=O)c3ccc(C(F)(F)F)cc3)CC2)c1. The highest BCUT2D eigenvalue weighted by Crippen LogP contribution is 2.29. The number of rotatable bonds is 4. The Kier molecular flexibility index (Phi) is 6.10. The van der Waals surface area contributed by atoms with Crippen LogP contribution >= 0.6 is 0 Å². The summed E-state index contributed by atoms with van der Waals surface area (Å²) in [6, 6.07) is 11.2. The van der Waals surface area contributed by atoms with Crippen molar-refractivity contribution < 1.29 is 27.5 Å². The summed E-state index contributed by atoms with van der Waals surface area (Å²) in [4.78, 5) is 26.6. The molecule has 1 heterocycles. The molecular weight excluding hydrogens is 385 g/mol. The molecule has 0 atom stereocenters. The fourth-order valence-corrected chi connectivity index (χ4v) is 3.27. The minimum absolute atomic E-state index is 0.125. The van der Waals surface area contributed by atoms with Gasteiger partial charge in [0.2, 0.25) is 5.91 Å². The van der Waals surface area contributed by atoms with Gasteiger partial charge in [0, 0.05) is 36.3 Å².